The number of benzene rings is 1. The van der Waals surface area contributed by atoms with Crippen LogP contribution in [0.4, 0.5) is 5.69 Å². The Hall–Kier alpha value is -1.80. The number of hydrogen-bond donors (Lipinski definition) is 3. The number of carboxylic acids is 1. The first kappa shape index (κ1) is 13.6. The van der Waals surface area contributed by atoms with Gasteiger partial charge in [0.05, 0.1) is 28.8 Å². The number of aromatic carboxylic acids is 1. The van der Waals surface area contributed by atoms with Crippen molar-refractivity contribution < 1.29 is 23.1 Å². The minimum Gasteiger partial charge on any atom is -0.486 e. The number of carbonyl (C=O) groups is 1. The Kier molecular flexibility index (Phi) is 3.38. The van der Waals surface area contributed by atoms with E-state index in [0.717, 1.165) is 0 Å². The zero-order chi connectivity index (χ0) is 14.2. The molecule has 2 rings (SSSR count). The molecule has 1 aliphatic rings. The second kappa shape index (κ2) is 4.71. The molecule has 0 spiro atoms. The molecule has 0 aromatic heterocycles. The van der Waals surface area contributed by atoms with Crippen LogP contribution < -0.4 is 16.2 Å². The number of nitrogen functional groups attached to an aromatic ring is 1. The molecule has 2 unspecified atom stereocenters. The van der Waals surface area contributed by atoms with Crippen LogP contribution in [0.5, 0.6) is 5.75 Å². The van der Waals surface area contributed by atoms with Crippen LogP contribution in [0.3, 0.4) is 0 Å². The van der Waals surface area contributed by atoms with Crippen molar-refractivity contribution in [1.82, 2.24) is 0 Å². The highest BCUT2D eigenvalue weighted by Gasteiger charge is 2.37. The van der Waals surface area contributed by atoms with Crippen molar-refractivity contribution in [3.8, 4) is 5.75 Å². The molecule has 0 aliphatic carbocycles. The van der Waals surface area contributed by atoms with E-state index in [-0.39, 0.29) is 28.5 Å². The Balaban J connectivity index is 2.18. The first-order valence-electron chi connectivity index (χ1n) is 5.54. The summed E-state index contributed by atoms with van der Waals surface area (Å²) in [5, 5.41) is 8.80. The van der Waals surface area contributed by atoms with Crippen molar-refractivity contribution in [1.29, 1.82) is 0 Å². The molecule has 0 amide bonds. The Bertz CT molecular complexity index is 614. The van der Waals surface area contributed by atoms with Crippen LogP contribution >= 0.6 is 0 Å². The van der Waals surface area contributed by atoms with Crippen molar-refractivity contribution >= 4 is 21.5 Å². The van der Waals surface area contributed by atoms with Gasteiger partial charge in [0.15, 0.2) is 9.84 Å². The minimum atomic E-state index is -3.18. The highest BCUT2D eigenvalue weighted by atomic mass is 32.2. The maximum atomic E-state index is 11.4. The van der Waals surface area contributed by atoms with Gasteiger partial charge < -0.3 is 21.3 Å². The van der Waals surface area contributed by atoms with Gasteiger partial charge in [-0.3, -0.25) is 0 Å². The monoisotopic (exact) mass is 286 g/mol. The molecule has 2 atom stereocenters. The van der Waals surface area contributed by atoms with Crippen molar-refractivity contribution in [2.24, 2.45) is 5.73 Å². The normalized spacial score (nSPS) is 25.1. The predicted octanol–water partition coefficient (Wildman–Crippen LogP) is -0.530. The van der Waals surface area contributed by atoms with Crippen LogP contribution in [0, 0.1) is 0 Å². The summed E-state index contributed by atoms with van der Waals surface area (Å²) in [4.78, 5) is 10.8. The average Bonchev–Trinajstić information content (AvgIpc) is 2.54. The number of carboxylic acid groups (broad SMARTS) is 1. The summed E-state index contributed by atoms with van der Waals surface area (Å²) in [6.45, 7) is 0. The standard InChI is InChI=1S/C11H14N2O5S/c12-7-3-6(11(14)15)1-2-9(7)18-10-5-19(16,17)4-8(10)13/h1-3,8,10H,4-5,12-13H2,(H,14,15). The summed E-state index contributed by atoms with van der Waals surface area (Å²) in [6, 6.07) is 3.38. The molecule has 1 saturated heterocycles. The second-order valence-electron chi connectivity index (χ2n) is 4.45. The molecule has 5 N–H and O–H groups in total. The lowest BCUT2D eigenvalue weighted by molar-refractivity contribution is 0.0697. The van der Waals surface area contributed by atoms with E-state index < -0.39 is 28.0 Å². The molecule has 8 heteroatoms. The van der Waals surface area contributed by atoms with Gasteiger partial charge in [0.1, 0.15) is 11.9 Å². The number of rotatable bonds is 3. The fourth-order valence-electron chi connectivity index (χ4n) is 1.92. The number of nitrogens with two attached hydrogens (primary N) is 2. The van der Waals surface area contributed by atoms with E-state index in [0.29, 0.717) is 0 Å². The lowest BCUT2D eigenvalue weighted by atomic mass is 10.2. The lowest BCUT2D eigenvalue weighted by Crippen LogP contribution is -2.37. The highest BCUT2D eigenvalue weighted by molar-refractivity contribution is 7.91. The van der Waals surface area contributed by atoms with Gasteiger partial charge in [-0.05, 0) is 18.2 Å². The van der Waals surface area contributed by atoms with Gasteiger partial charge in [-0.1, -0.05) is 0 Å². The van der Waals surface area contributed by atoms with Crippen molar-refractivity contribution in [3.05, 3.63) is 23.8 Å². The summed E-state index contributed by atoms with van der Waals surface area (Å²) in [5.41, 5.74) is 11.5. The Labute approximate surface area is 110 Å². The molecular formula is C11H14N2O5S. The van der Waals surface area contributed by atoms with Gasteiger partial charge in [0, 0.05) is 0 Å². The number of ether oxygens (including phenoxy) is 1. The van der Waals surface area contributed by atoms with Crippen LogP contribution in [-0.4, -0.2) is 43.1 Å². The quantitative estimate of drug-likeness (QED) is 0.636. The first-order chi connectivity index (χ1) is 8.78. The predicted molar refractivity (Wildman–Crippen MR) is 68.9 cm³/mol. The van der Waals surface area contributed by atoms with Crippen molar-refractivity contribution in [3.63, 3.8) is 0 Å². The fraction of sp³-hybridized carbons (Fsp3) is 0.364. The maximum Gasteiger partial charge on any atom is 0.335 e. The molecular weight excluding hydrogens is 272 g/mol. The topological polar surface area (TPSA) is 133 Å². The zero-order valence-corrected chi connectivity index (χ0v) is 10.8. The Morgan fingerprint density at radius 3 is 2.53 bits per heavy atom. The van der Waals surface area contributed by atoms with Crippen LogP contribution in [0.25, 0.3) is 0 Å². The third-order valence-corrected chi connectivity index (χ3v) is 4.61. The van der Waals surface area contributed by atoms with Gasteiger partial charge >= 0.3 is 5.97 Å². The average molecular weight is 286 g/mol. The second-order valence-corrected chi connectivity index (χ2v) is 6.61. The van der Waals surface area contributed by atoms with E-state index in [1.165, 1.54) is 18.2 Å². The fourth-order valence-corrected chi connectivity index (χ4v) is 3.67. The van der Waals surface area contributed by atoms with E-state index in [2.05, 4.69) is 0 Å². The van der Waals surface area contributed by atoms with Gasteiger partial charge in [-0.2, -0.15) is 0 Å². The molecule has 1 fully saturated rings. The molecule has 7 nitrogen and oxygen atoms in total. The lowest BCUT2D eigenvalue weighted by Gasteiger charge is -2.17. The number of anilines is 1. The third-order valence-electron chi connectivity index (χ3n) is 2.88. The van der Waals surface area contributed by atoms with Crippen LogP contribution in [0.2, 0.25) is 0 Å². The molecule has 1 aromatic carbocycles. The largest absolute Gasteiger partial charge is 0.486 e. The number of sulfone groups is 1. The molecule has 19 heavy (non-hydrogen) atoms. The maximum absolute atomic E-state index is 11.4. The van der Waals surface area contributed by atoms with Crippen molar-refractivity contribution in [2.75, 3.05) is 17.2 Å². The van der Waals surface area contributed by atoms with Crippen LogP contribution in [0.1, 0.15) is 10.4 Å². The molecule has 0 bridgehead atoms. The highest BCUT2D eigenvalue weighted by Crippen LogP contribution is 2.26. The van der Waals surface area contributed by atoms with E-state index in [1.807, 2.05) is 0 Å². The third kappa shape index (κ3) is 2.96. The smallest absolute Gasteiger partial charge is 0.335 e. The Morgan fingerprint density at radius 2 is 2.05 bits per heavy atom. The van der Waals surface area contributed by atoms with E-state index in [4.69, 9.17) is 21.3 Å². The van der Waals surface area contributed by atoms with E-state index in [9.17, 15) is 13.2 Å². The van der Waals surface area contributed by atoms with Gasteiger partial charge in [-0.25, -0.2) is 13.2 Å². The van der Waals surface area contributed by atoms with E-state index >= 15 is 0 Å². The summed E-state index contributed by atoms with van der Waals surface area (Å²) >= 11 is 0. The number of hydrogen-bond acceptors (Lipinski definition) is 6. The molecule has 0 radical (unpaired) electrons. The summed E-state index contributed by atoms with van der Waals surface area (Å²) in [6.07, 6.45) is -0.664. The molecule has 104 valence electrons. The molecule has 1 heterocycles. The molecule has 1 aliphatic heterocycles. The van der Waals surface area contributed by atoms with Gasteiger partial charge in [0.25, 0.3) is 0 Å². The van der Waals surface area contributed by atoms with Crippen LogP contribution in [-0.2, 0) is 9.84 Å². The van der Waals surface area contributed by atoms with E-state index in [1.54, 1.807) is 0 Å². The Morgan fingerprint density at radius 1 is 1.37 bits per heavy atom. The van der Waals surface area contributed by atoms with Gasteiger partial charge in [-0.15, -0.1) is 0 Å². The minimum absolute atomic E-state index is 0.0354. The van der Waals surface area contributed by atoms with Gasteiger partial charge in [0.2, 0.25) is 0 Å². The zero-order valence-electron chi connectivity index (χ0n) is 9.94. The van der Waals surface area contributed by atoms with Crippen molar-refractivity contribution in [2.45, 2.75) is 12.1 Å². The van der Waals surface area contributed by atoms with Crippen LogP contribution in [0.15, 0.2) is 18.2 Å². The summed E-state index contributed by atoms with van der Waals surface area (Å²) < 4.78 is 28.3. The summed E-state index contributed by atoms with van der Waals surface area (Å²) in [5.74, 6) is -1.14. The first-order valence-corrected chi connectivity index (χ1v) is 7.36. The molecule has 1 aromatic rings. The molecule has 0 saturated carbocycles. The summed E-state index contributed by atoms with van der Waals surface area (Å²) in [7, 11) is -3.18. The SMILES string of the molecule is Nc1cc(C(=O)O)ccc1OC1CS(=O)(=O)CC1N.